The van der Waals surface area contributed by atoms with Gasteiger partial charge >= 0.3 is 0 Å². The molecule has 3 rings (SSSR count). The van der Waals surface area contributed by atoms with Crippen molar-refractivity contribution in [2.75, 3.05) is 45.8 Å². The van der Waals surface area contributed by atoms with Crippen LogP contribution in [-0.4, -0.2) is 76.6 Å². The summed E-state index contributed by atoms with van der Waals surface area (Å²) in [4.78, 5) is 19.0. The van der Waals surface area contributed by atoms with Crippen LogP contribution >= 0.6 is 0 Å². The zero-order valence-corrected chi connectivity index (χ0v) is 15.0. The first-order valence-electron chi connectivity index (χ1n) is 9.24. The third kappa shape index (κ3) is 4.86. The summed E-state index contributed by atoms with van der Waals surface area (Å²) in [5.74, 6) is 0.860. The van der Waals surface area contributed by atoms with Crippen molar-refractivity contribution in [3.63, 3.8) is 0 Å². The molecule has 2 aliphatic rings. The number of amides is 1. The van der Waals surface area contributed by atoms with E-state index in [1.807, 2.05) is 11.0 Å². The normalized spacial score (nSPS) is 20.8. The number of carbonyl (C=O) groups excluding carboxylic acids is 1. The van der Waals surface area contributed by atoms with E-state index in [0.29, 0.717) is 6.54 Å². The zero-order chi connectivity index (χ0) is 17.8. The number of aromatic hydroxyl groups is 2. The van der Waals surface area contributed by atoms with E-state index in [0.717, 1.165) is 57.3 Å². The molecule has 0 saturated carbocycles. The van der Waals surface area contributed by atoms with E-state index in [1.54, 1.807) is 6.07 Å². The highest BCUT2D eigenvalue weighted by molar-refractivity contribution is 5.78. The highest BCUT2D eigenvalue weighted by atomic mass is 16.3. The molecule has 2 fully saturated rings. The van der Waals surface area contributed by atoms with Crippen molar-refractivity contribution in [1.29, 1.82) is 0 Å². The number of phenols is 2. The fourth-order valence-corrected chi connectivity index (χ4v) is 3.59. The van der Waals surface area contributed by atoms with Crippen molar-refractivity contribution in [1.82, 2.24) is 14.7 Å². The molecule has 2 saturated heterocycles. The SMILES string of the molecule is CC1CCN(CC(=O)N2CCN(Cc3ccc(O)c(O)c3)CC2)CC1. The molecule has 0 spiro atoms. The third-order valence-corrected chi connectivity index (χ3v) is 5.41. The predicted molar refractivity (Wildman–Crippen MR) is 96.5 cm³/mol. The molecule has 2 aliphatic heterocycles. The Balaban J connectivity index is 1.43. The van der Waals surface area contributed by atoms with Gasteiger partial charge in [0.1, 0.15) is 0 Å². The Hall–Kier alpha value is -1.79. The molecular formula is C19H29N3O3. The summed E-state index contributed by atoms with van der Waals surface area (Å²) >= 11 is 0. The third-order valence-electron chi connectivity index (χ3n) is 5.41. The average molecular weight is 347 g/mol. The molecule has 0 aliphatic carbocycles. The number of hydrogen-bond acceptors (Lipinski definition) is 5. The molecule has 1 aromatic carbocycles. The van der Waals surface area contributed by atoms with Gasteiger partial charge in [-0.25, -0.2) is 0 Å². The standard InChI is InChI=1S/C19H29N3O3/c1-15-4-6-20(7-5-15)14-19(25)22-10-8-21(9-11-22)13-16-2-3-17(23)18(24)12-16/h2-3,12,15,23-24H,4-11,13-14H2,1H3. The fourth-order valence-electron chi connectivity index (χ4n) is 3.59. The molecule has 0 bridgehead atoms. The molecule has 1 aromatic rings. The Morgan fingerprint density at radius 1 is 1.00 bits per heavy atom. The Kier molecular flexibility index (Phi) is 5.81. The van der Waals surface area contributed by atoms with Crippen LogP contribution in [0.4, 0.5) is 0 Å². The Bertz CT molecular complexity index is 592. The lowest BCUT2D eigenvalue weighted by molar-refractivity contribution is -0.134. The maximum atomic E-state index is 12.5. The van der Waals surface area contributed by atoms with Gasteiger partial charge in [-0.2, -0.15) is 0 Å². The number of piperidine rings is 1. The van der Waals surface area contributed by atoms with Crippen LogP contribution in [0.25, 0.3) is 0 Å². The van der Waals surface area contributed by atoms with Crippen molar-refractivity contribution in [2.45, 2.75) is 26.3 Å². The number of carbonyl (C=O) groups is 1. The van der Waals surface area contributed by atoms with Gasteiger partial charge in [0.2, 0.25) is 5.91 Å². The van der Waals surface area contributed by atoms with Gasteiger partial charge in [0.15, 0.2) is 11.5 Å². The van der Waals surface area contributed by atoms with Crippen LogP contribution < -0.4 is 0 Å². The predicted octanol–water partition coefficient (Wildman–Crippen LogP) is 1.47. The summed E-state index contributed by atoms with van der Waals surface area (Å²) in [5.41, 5.74) is 0.970. The summed E-state index contributed by atoms with van der Waals surface area (Å²) in [6.45, 7) is 8.83. The summed E-state index contributed by atoms with van der Waals surface area (Å²) < 4.78 is 0. The van der Waals surface area contributed by atoms with E-state index in [-0.39, 0.29) is 17.4 Å². The van der Waals surface area contributed by atoms with Gasteiger partial charge < -0.3 is 15.1 Å². The Morgan fingerprint density at radius 2 is 1.68 bits per heavy atom. The van der Waals surface area contributed by atoms with Gasteiger partial charge in [0.25, 0.3) is 0 Å². The minimum Gasteiger partial charge on any atom is -0.504 e. The first-order valence-corrected chi connectivity index (χ1v) is 9.24. The van der Waals surface area contributed by atoms with Gasteiger partial charge in [-0.05, 0) is 49.5 Å². The number of piperazine rings is 1. The summed E-state index contributed by atoms with van der Waals surface area (Å²) in [5, 5.41) is 19.0. The lowest BCUT2D eigenvalue weighted by Gasteiger charge is -2.37. The largest absolute Gasteiger partial charge is 0.504 e. The number of likely N-dealkylation sites (tertiary alicyclic amines) is 1. The zero-order valence-electron chi connectivity index (χ0n) is 15.0. The van der Waals surface area contributed by atoms with Gasteiger partial charge in [-0.3, -0.25) is 14.6 Å². The first kappa shape index (κ1) is 18.0. The molecule has 6 heteroatoms. The lowest BCUT2D eigenvalue weighted by Crippen LogP contribution is -2.51. The van der Waals surface area contributed by atoms with Gasteiger partial charge in [-0.1, -0.05) is 13.0 Å². The second-order valence-corrected chi connectivity index (χ2v) is 7.44. The monoisotopic (exact) mass is 347 g/mol. The molecule has 0 radical (unpaired) electrons. The Labute approximate surface area is 149 Å². The quantitative estimate of drug-likeness (QED) is 0.808. The number of nitrogens with zero attached hydrogens (tertiary/aromatic N) is 3. The molecule has 2 heterocycles. The molecule has 0 unspecified atom stereocenters. The van der Waals surface area contributed by atoms with Crippen molar-refractivity contribution in [2.24, 2.45) is 5.92 Å². The minimum atomic E-state index is -0.0914. The highest BCUT2D eigenvalue weighted by Gasteiger charge is 2.24. The second kappa shape index (κ2) is 8.06. The molecule has 138 valence electrons. The van der Waals surface area contributed by atoms with Crippen molar-refractivity contribution in [3.8, 4) is 11.5 Å². The van der Waals surface area contributed by atoms with Gasteiger partial charge in [0.05, 0.1) is 6.54 Å². The molecule has 0 atom stereocenters. The summed E-state index contributed by atoms with van der Waals surface area (Å²) in [6, 6.07) is 4.94. The van der Waals surface area contributed by atoms with Crippen LogP contribution in [0.2, 0.25) is 0 Å². The molecule has 2 N–H and O–H groups in total. The highest BCUT2D eigenvalue weighted by Crippen LogP contribution is 2.25. The van der Waals surface area contributed by atoms with Crippen LogP contribution in [0.3, 0.4) is 0 Å². The summed E-state index contributed by atoms with van der Waals surface area (Å²) in [6.07, 6.45) is 2.39. The van der Waals surface area contributed by atoms with E-state index >= 15 is 0 Å². The van der Waals surface area contributed by atoms with Crippen LogP contribution in [0.1, 0.15) is 25.3 Å². The van der Waals surface area contributed by atoms with Crippen LogP contribution in [0.15, 0.2) is 18.2 Å². The first-order chi connectivity index (χ1) is 12.0. The molecule has 0 aromatic heterocycles. The maximum Gasteiger partial charge on any atom is 0.236 e. The lowest BCUT2D eigenvalue weighted by atomic mass is 9.99. The molecule has 1 amide bonds. The van der Waals surface area contributed by atoms with Gasteiger partial charge in [0, 0.05) is 32.7 Å². The number of benzene rings is 1. The fraction of sp³-hybridized carbons (Fsp3) is 0.632. The average Bonchev–Trinajstić information content (AvgIpc) is 2.61. The number of phenolic OH excluding ortho intramolecular Hbond substituents is 2. The van der Waals surface area contributed by atoms with E-state index in [4.69, 9.17) is 0 Å². The molecular weight excluding hydrogens is 318 g/mol. The molecule has 6 nitrogen and oxygen atoms in total. The van der Waals surface area contributed by atoms with Gasteiger partial charge in [-0.15, -0.1) is 0 Å². The van der Waals surface area contributed by atoms with Crippen LogP contribution in [0, 0.1) is 5.92 Å². The van der Waals surface area contributed by atoms with Crippen LogP contribution in [-0.2, 0) is 11.3 Å². The number of hydrogen-bond donors (Lipinski definition) is 2. The van der Waals surface area contributed by atoms with Crippen molar-refractivity contribution in [3.05, 3.63) is 23.8 Å². The minimum absolute atomic E-state index is 0.0813. The van der Waals surface area contributed by atoms with Crippen molar-refractivity contribution < 1.29 is 15.0 Å². The second-order valence-electron chi connectivity index (χ2n) is 7.44. The van der Waals surface area contributed by atoms with E-state index in [1.165, 1.54) is 18.9 Å². The summed E-state index contributed by atoms with van der Waals surface area (Å²) in [7, 11) is 0. The number of rotatable bonds is 4. The van der Waals surface area contributed by atoms with Crippen molar-refractivity contribution >= 4 is 5.91 Å². The van der Waals surface area contributed by atoms with E-state index in [9.17, 15) is 15.0 Å². The molecule has 25 heavy (non-hydrogen) atoms. The van der Waals surface area contributed by atoms with E-state index in [2.05, 4.69) is 16.7 Å². The Morgan fingerprint density at radius 3 is 2.32 bits per heavy atom. The van der Waals surface area contributed by atoms with Crippen LogP contribution in [0.5, 0.6) is 11.5 Å². The topological polar surface area (TPSA) is 67.3 Å². The maximum absolute atomic E-state index is 12.5. The smallest absolute Gasteiger partial charge is 0.236 e. The van der Waals surface area contributed by atoms with E-state index < -0.39 is 0 Å².